The van der Waals surface area contributed by atoms with Gasteiger partial charge in [0.15, 0.2) is 5.69 Å². The lowest BCUT2D eigenvalue weighted by Crippen LogP contribution is -2.30. The summed E-state index contributed by atoms with van der Waals surface area (Å²) in [5.74, 6) is -1.34. The Morgan fingerprint density at radius 1 is 0.935 bits per heavy atom. The van der Waals surface area contributed by atoms with Crippen molar-refractivity contribution in [3.05, 3.63) is 77.1 Å². The lowest BCUT2D eigenvalue weighted by molar-refractivity contribution is -0.137. The van der Waals surface area contributed by atoms with E-state index in [1.165, 1.54) is 44.7 Å². The summed E-state index contributed by atoms with van der Waals surface area (Å²) in [6.07, 6.45) is 0.944. The smallest absolute Gasteiger partial charge is 0.344 e. The highest BCUT2D eigenvalue weighted by Crippen LogP contribution is 2.30. The minimum Gasteiger partial charge on any atom is -0.344 e. The standard InChI is InChI=1S/C20H17F3N6O2/c1-11-8-13(10-14(9-11)20(21,22)23)17(30)28-12(2)15-16(25-7-6-24-15)18(31)29-19-26-4-3-5-27-19/h3-10,12H,1-2H3,(H,28,30)(H,26,27,29,31). The van der Waals surface area contributed by atoms with Gasteiger partial charge < -0.3 is 5.32 Å². The maximum atomic E-state index is 13.1. The van der Waals surface area contributed by atoms with Crippen LogP contribution in [0.15, 0.2) is 49.1 Å². The summed E-state index contributed by atoms with van der Waals surface area (Å²) >= 11 is 0. The van der Waals surface area contributed by atoms with E-state index in [2.05, 4.69) is 30.6 Å². The van der Waals surface area contributed by atoms with Gasteiger partial charge >= 0.3 is 6.18 Å². The molecule has 3 aromatic rings. The number of rotatable bonds is 5. The highest BCUT2D eigenvalue weighted by Gasteiger charge is 2.31. The molecule has 3 rings (SSSR count). The van der Waals surface area contributed by atoms with E-state index in [9.17, 15) is 22.8 Å². The minimum absolute atomic E-state index is 0.0558. The number of carbonyl (C=O) groups excluding carboxylic acids is 2. The molecule has 0 saturated carbocycles. The van der Waals surface area contributed by atoms with Crippen LogP contribution in [0.3, 0.4) is 0 Å². The van der Waals surface area contributed by atoms with Crippen molar-refractivity contribution in [2.24, 2.45) is 0 Å². The lowest BCUT2D eigenvalue weighted by atomic mass is 10.0. The quantitative estimate of drug-likeness (QED) is 0.643. The first kappa shape index (κ1) is 21.8. The van der Waals surface area contributed by atoms with Gasteiger partial charge in [-0.15, -0.1) is 0 Å². The molecule has 160 valence electrons. The van der Waals surface area contributed by atoms with Crippen LogP contribution < -0.4 is 10.6 Å². The van der Waals surface area contributed by atoms with Gasteiger partial charge in [-0.25, -0.2) is 15.0 Å². The molecule has 1 atom stereocenters. The molecule has 2 N–H and O–H groups in total. The Hall–Kier alpha value is -3.89. The molecule has 0 radical (unpaired) electrons. The third kappa shape index (κ3) is 5.38. The zero-order chi connectivity index (χ0) is 22.6. The lowest BCUT2D eigenvalue weighted by Gasteiger charge is -2.17. The molecule has 1 unspecified atom stereocenters. The van der Waals surface area contributed by atoms with Crippen LogP contribution in [-0.4, -0.2) is 31.8 Å². The monoisotopic (exact) mass is 430 g/mol. The first-order chi connectivity index (χ1) is 14.6. The summed E-state index contributed by atoms with van der Waals surface area (Å²) < 4.78 is 39.2. The van der Waals surface area contributed by atoms with Crippen molar-refractivity contribution in [1.29, 1.82) is 0 Å². The van der Waals surface area contributed by atoms with Crippen LogP contribution in [0.4, 0.5) is 19.1 Å². The third-order valence-corrected chi connectivity index (χ3v) is 4.16. The Labute approximate surface area is 175 Å². The van der Waals surface area contributed by atoms with Crippen molar-refractivity contribution in [1.82, 2.24) is 25.3 Å². The molecule has 8 nitrogen and oxygen atoms in total. The van der Waals surface area contributed by atoms with Gasteiger partial charge in [0.2, 0.25) is 5.95 Å². The fraction of sp³-hybridized carbons (Fsp3) is 0.200. The largest absolute Gasteiger partial charge is 0.416 e. The van der Waals surface area contributed by atoms with Gasteiger partial charge in [0.25, 0.3) is 11.8 Å². The van der Waals surface area contributed by atoms with Crippen LogP contribution in [0.5, 0.6) is 0 Å². The van der Waals surface area contributed by atoms with E-state index in [-0.39, 0.29) is 28.5 Å². The molecular weight excluding hydrogens is 413 g/mol. The summed E-state index contributed by atoms with van der Waals surface area (Å²) in [5, 5.41) is 5.03. The second kappa shape index (κ2) is 8.86. The van der Waals surface area contributed by atoms with Crippen molar-refractivity contribution in [3.63, 3.8) is 0 Å². The number of carbonyl (C=O) groups is 2. The molecule has 1 aromatic carbocycles. The van der Waals surface area contributed by atoms with Crippen LogP contribution in [0.2, 0.25) is 0 Å². The molecule has 2 aromatic heterocycles. The van der Waals surface area contributed by atoms with Crippen molar-refractivity contribution < 1.29 is 22.8 Å². The van der Waals surface area contributed by atoms with E-state index in [0.29, 0.717) is 0 Å². The molecule has 0 saturated heterocycles. The molecule has 2 amide bonds. The number of nitrogens with one attached hydrogen (secondary N) is 2. The number of alkyl halides is 3. The van der Waals surface area contributed by atoms with Crippen LogP contribution >= 0.6 is 0 Å². The summed E-state index contributed by atoms with van der Waals surface area (Å²) in [4.78, 5) is 41.0. The Kier molecular flexibility index (Phi) is 6.23. The average Bonchev–Trinajstić information content (AvgIpc) is 2.73. The van der Waals surface area contributed by atoms with E-state index in [4.69, 9.17) is 0 Å². The normalized spacial score (nSPS) is 12.2. The van der Waals surface area contributed by atoms with Crippen LogP contribution in [0, 0.1) is 6.92 Å². The van der Waals surface area contributed by atoms with Gasteiger partial charge in [-0.2, -0.15) is 13.2 Å². The van der Waals surface area contributed by atoms with E-state index in [0.717, 1.165) is 12.1 Å². The predicted octanol–water partition coefficient (Wildman–Crippen LogP) is 3.34. The first-order valence-corrected chi connectivity index (χ1v) is 9.04. The molecule has 0 fully saturated rings. The molecule has 0 aliphatic heterocycles. The fourth-order valence-electron chi connectivity index (χ4n) is 2.79. The molecule has 0 bridgehead atoms. The van der Waals surface area contributed by atoms with E-state index >= 15 is 0 Å². The highest BCUT2D eigenvalue weighted by molar-refractivity contribution is 6.03. The number of halogens is 3. The third-order valence-electron chi connectivity index (χ3n) is 4.16. The maximum absolute atomic E-state index is 13.1. The number of nitrogens with zero attached hydrogens (tertiary/aromatic N) is 4. The van der Waals surface area contributed by atoms with Crippen molar-refractivity contribution >= 4 is 17.8 Å². The second-order valence-corrected chi connectivity index (χ2v) is 6.60. The van der Waals surface area contributed by atoms with Crippen molar-refractivity contribution in [2.75, 3.05) is 5.32 Å². The summed E-state index contributed by atoms with van der Waals surface area (Å²) in [7, 11) is 0. The van der Waals surface area contributed by atoms with Crippen molar-refractivity contribution in [2.45, 2.75) is 26.1 Å². The number of amides is 2. The van der Waals surface area contributed by atoms with Gasteiger partial charge in [-0.3, -0.25) is 19.9 Å². The van der Waals surface area contributed by atoms with E-state index in [1.807, 2.05) is 0 Å². The Bertz CT molecular complexity index is 1110. The molecular formula is C20H17F3N6O2. The summed E-state index contributed by atoms with van der Waals surface area (Å²) in [6.45, 7) is 3.00. The Balaban J connectivity index is 1.81. The summed E-state index contributed by atoms with van der Waals surface area (Å²) in [6, 6.07) is 3.82. The SMILES string of the molecule is Cc1cc(C(=O)NC(C)c2nccnc2C(=O)Nc2ncccn2)cc(C(F)(F)F)c1. The van der Waals surface area contributed by atoms with Crippen LogP contribution in [0.1, 0.15) is 50.6 Å². The Morgan fingerprint density at radius 3 is 2.29 bits per heavy atom. The maximum Gasteiger partial charge on any atom is 0.416 e. The topological polar surface area (TPSA) is 110 Å². The number of hydrogen-bond acceptors (Lipinski definition) is 6. The van der Waals surface area contributed by atoms with Crippen LogP contribution in [-0.2, 0) is 6.18 Å². The molecule has 0 aliphatic rings. The average molecular weight is 430 g/mol. The zero-order valence-corrected chi connectivity index (χ0v) is 16.4. The molecule has 31 heavy (non-hydrogen) atoms. The zero-order valence-electron chi connectivity index (χ0n) is 16.4. The van der Waals surface area contributed by atoms with Gasteiger partial charge in [0.05, 0.1) is 17.3 Å². The minimum atomic E-state index is -4.58. The molecule has 11 heteroatoms. The number of aryl methyl sites for hydroxylation is 1. The van der Waals surface area contributed by atoms with Crippen molar-refractivity contribution in [3.8, 4) is 0 Å². The van der Waals surface area contributed by atoms with E-state index in [1.54, 1.807) is 6.07 Å². The molecule has 2 heterocycles. The summed E-state index contributed by atoms with van der Waals surface area (Å²) in [5.41, 5.74) is -0.745. The van der Waals surface area contributed by atoms with E-state index < -0.39 is 29.6 Å². The van der Waals surface area contributed by atoms with Gasteiger partial charge in [-0.1, -0.05) is 0 Å². The highest BCUT2D eigenvalue weighted by atomic mass is 19.4. The number of hydrogen-bond donors (Lipinski definition) is 2. The predicted molar refractivity (Wildman–Crippen MR) is 104 cm³/mol. The van der Waals surface area contributed by atoms with Gasteiger partial charge in [0.1, 0.15) is 0 Å². The van der Waals surface area contributed by atoms with Gasteiger partial charge in [0, 0.05) is 30.4 Å². The first-order valence-electron chi connectivity index (χ1n) is 9.04. The molecule has 0 aliphatic carbocycles. The number of anilines is 1. The Morgan fingerprint density at radius 2 is 1.61 bits per heavy atom. The fourth-order valence-corrected chi connectivity index (χ4v) is 2.79. The number of aromatic nitrogens is 4. The second-order valence-electron chi connectivity index (χ2n) is 6.60. The van der Waals surface area contributed by atoms with Crippen LogP contribution in [0.25, 0.3) is 0 Å². The number of benzene rings is 1. The molecule has 0 spiro atoms. The van der Waals surface area contributed by atoms with Gasteiger partial charge in [-0.05, 0) is 43.7 Å².